The minimum absolute atomic E-state index is 0.0164. The molecule has 5 rings (SSSR count). The average Bonchev–Trinajstić information content (AvgIpc) is 3.46. The molecular formula is C23H24ClN9O2. The zero-order valence-corrected chi connectivity index (χ0v) is 19.7. The number of aliphatic hydroxyl groups is 1. The highest BCUT2D eigenvalue weighted by molar-refractivity contribution is 6.30. The molecule has 0 saturated heterocycles. The Labute approximate surface area is 205 Å². The molecule has 0 aliphatic heterocycles. The molecule has 3 aromatic heterocycles. The van der Waals surface area contributed by atoms with Crippen LogP contribution in [0.3, 0.4) is 0 Å². The first kappa shape index (κ1) is 22.9. The van der Waals surface area contributed by atoms with Gasteiger partial charge >= 0.3 is 0 Å². The zero-order chi connectivity index (χ0) is 24.6. The average molecular weight is 494 g/mol. The third kappa shape index (κ3) is 4.60. The van der Waals surface area contributed by atoms with E-state index in [1.165, 1.54) is 6.20 Å². The molecule has 1 aromatic carbocycles. The summed E-state index contributed by atoms with van der Waals surface area (Å²) in [4.78, 5) is 21.5. The van der Waals surface area contributed by atoms with E-state index in [4.69, 9.17) is 17.3 Å². The third-order valence-electron chi connectivity index (χ3n) is 6.04. The maximum absolute atomic E-state index is 13.0. The number of hydrogen-bond donors (Lipinski definition) is 4. The van der Waals surface area contributed by atoms with Crippen molar-refractivity contribution in [3.8, 4) is 0 Å². The van der Waals surface area contributed by atoms with E-state index in [1.54, 1.807) is 35.7 Å². The quantitative estimate of drug-likeness (QED) is 0.316. The van der Waals surface area contributed by atoms with Crippen molar-refractivity contribution in [2.75, 3.05) is 11.1 Å². The number of nitrogens with two attached hydrogens (primary N) is 1. The maximum atomic E-state index is 13.0. The molecule has 5 N–H and O–H groups in total. The second-order valence-corrected chi connectivity index (χ2v) is 9.04. The molecule has 12 heteroatoms. The number of nitrogens with zero attached hydrogens (tertiary/aromatic N) is 6. The van der Waals surface area contributed by atoms with Crippen molar-refractivity contribution in [3.05, 3.63) is 64.8 Å². The van der Waals surface area contributed by atoms with Crippen LogP contribution in [0.4, 0.5) is 17.3 Å². The van der Waals surface area contributed by atoms with Gasteiger partial charge in [0.15, 0.2) is 28.8 Å². The van der Waals surface area contributed by atoms with Crippen LogP contribution in [0.25, 0.3) is 5.65 Å². The van der Waals surface area contributed by atoms with Gasteiger partial charge in [-0.3, -0.25) is 4.79 Å². The number of amides is 1. The minimum Gasteiger partial charge on any atom is -0.383 e. The standard InChI is InChI=1S/C23H24ClN9O2/c1-13(27-22(34)19-20(25)26-12-16(29-19)23(35)9-2-3-10-23)21-31-30-18-8-7-17(32-33(18)21)28-15-6-4-5-14(24)11-15/h4-8,11-13,35H,2-3,9-10H2,1H3,(H2,25,26)(H,27,34)(H,28,32)/t13-/m1/s1. The second kappa shape index (κ2) is 9.08. The lowest BCUT2D eigenvalue weighted by atomic mass is 9.98. The molecule has 180 valence electrons. The van der Waals surface area contributed by atoms with Gasteiger partial charge in [-0.15, -0.1) is 15.3 Å². The molecule has 4 aromatic rings. The van der Waals surface area contributed by atoms with Crippen molar-refractivity contribution < 1.29 is 9.90 Å². The van der Waals surface area contributed by atoms with Gasteiger partial charge in [-0.25, -0.2) is 9.97 Å². The molecular weight excluding hydrogens is 470 g/mol. The zero-order valence-electron chi connectivity index (χ0n) is 18.9. The number of aromatic nitrogens is 6. The summed E-state index contributed by atoms with van der Waals surface area (Å²) in [5.74, 6) is 0.417. The summed E-state index contributed by atoms with van der Waals surface area (Å²) in [6, 6.07) is 10.2. The topological polar surface area (TPSA) is 156 Å². The molecule has 1 aliphatic carbocycles. The van der Waals surface area contributed by atoms with Crippen molar-refractivity contribution in [2.24, 2.45) is 0 Å². The third-order valence-corrected chi connectivity index (χ3v) is 6.28. The number of nitrogens with one attached hydrogen (secondary N) is 2. The van der Waals surface area contributed by atoms with Crippen molar-refractivity contribution in [1.82, 2.24) is 35.1 Å². The van der Waals surface area contributed by atoms with E-state index in [0.717, 1.165) is 18.5 Å². The number of carbonyl (C=O) groups is 1. The van der Waals surface area contributed by atoms with Crippen LogP contribution >= 0.6 is 11.6 Å². The van der Waals surface area contributed by atoms with Gasteiger partial charge in [0.25, 0.3) is 5.91 Å². The highest BCUT2D eigenvalue weighted by atomic mass is 35.5. The molecule has 1 atom stereocenters. The van der Waals surface area contributed by atoms with E-state index in [1.807, 2.05) is 12.1 Å². The Kier molecular flexibility index (Phi) is 5.95. The lowest BCUT2D eigenvalue weighted by Crippen LogP contribution is -2.31. The predicted molar refractivity (Wildman–Crippen MR) is 130 cm³/mol. The number of rotatable bonds is 6. The van der Waals surface area contributed by atoms with Gasteiger partial charge in [0.2, 0.25) is 0 Å². The molecule has 0 bridgehead atoms. The summed E-state index contributed by atoms with van der Waals surface area (Å²) >= 11 is 6.06. The van der Waals surface area contributed by atoms with Gasteiger partial charge in [-0.1, -0.05) is 30.5 Å². The molecule has 1 fully saturated rings. The molecule has 1 amide bonds. The molecule has 0 spiro atoms. The van der Waals surface area contributed by atoms with Crippen LogP contribution in [-0.2, 0) is 5.60 Å². The molecule has 1 saturated carbocycles. The SMILES string of the molecule is C[C@@H](NC(=O)c1nc(C2(O)CCCC2)cnc1N)c1nnc2ccc(Nc3cccc(Cl)c3)nn12. The fraction of sp³-hybridized carbons (Fsp3) is 0.304. The van der Waals surface area contributed by atoms with Crippen molar-refractivity contribution in [3.63, 3.8) is 0 Å². The highest BCUT2D eigenvalue weighted by Crippen LogP contribution is 2.37. The summed E-state index contributed by atoms with van der Waals surface area (Å²) < 4.78 is 1.55. The van der Waals surface area contributed by atoms with Crippen LogP contribution in [0.1, 0.15) is 60.7 Å². The lowest BCUT2D eigenvalue weighted by molar-refractivity contribution is 0.0394. The Hall–Kier alpha value is -3.83. The number of fused-ring (bicyclic) bond motifs is 1. The number of anilines is 3. The Morgan fingerprint density at radius 1 is 1.23 bits per heavy atom. The number of hydrogen-bond acceptors (Lipinski definition) is 9. The fourth-order valence-corrected chi connectivity index (χ4v) is 4.38. The molecule has 1 aliphatic rings. The van der Waals surface area contributed by atoms with Crippen LogP contribution in [0.15, 0.2) is 42.6 Å². The van der Waals surface area contributed by atoms with E-state index in [2.05, 4.69) is 35.9 Å². The van der Waals surface area contributed by atoms with Crippen LogP contribution in [0, 0.1) is 0 Å². The van der Waals surface area contributed by atoms with Gasteiger partial charge in [0.05, 0.1) is 17.9 Å². The first-order valence-corrected chi connectivity index (χ1v) is 11.6. The Morgan fingerprint density at radius 3 is 2.80 bits per heavy atom. The van der Waals surface area contributed by atoms with E-state index in [9.17, 15) is 9.90 Å². The Bertz CT molecular complexity index is 1400. The van der Waals surface area contributed by atoms with Gasteiger partial charge in [-0.2, -0.15) is 4.52 Å². The van der Waals surface area contributed by atoms with E-state index in [-0.39, 0.29) is 11.5 Å². The largest absolute Gasteiger partial charge is 0.383 e. The van der Waals surface area contributed by atoms with Gasteiger partial charge in [0, 0.05) is 10.7 Å². The lowest BCUT2D eigenvalue weighted by Gasteiger charge is -2.22. The van der Waals surface area contributed by atoms with E-state index in [0.29, 0.717) is 40.8 Å². The highest BCUT2D eigenvalue weighted by Gasteiger charge is 2.35. The van der Waals surface area contributed by atoms with Gasteiger partial charge in [-0.05, 0) is 50.1 Å². The van der Waals surface area contributed by atoms with Gasteiger partial charge < -0.3 is 21.5 Å². The van der Waals surface area contributed by atoms with Crippen LogP contribution in [-0.4, -0.2) is 40.8 Å². The molecule has 3 heterocycles. The summed E-state index contributed by atoms with van der Waals surface area (Å²) in [6.45, 7) is 1.76. The smallest absolute Gasteiger partial charge is 0.274 e. The fourth-order valence-electron chi connectivity index (χ4n) is 4.19. The first-order chi connectivity index (χ1) is 16.8. The summed E-state index contributed by atoms with van der Waals surface area (Å²) in [6.07, 6.45) is 4.37. The maximum Gasteiger partial charge on any atom is 0.274 e. The van der Waals surface area contributed by atoms with Crippen molar-refractivity contribution >= 4 is 40.5 Å². The van der Waals surface area contributed by atoms with E-state index < -0.39 is 17.6 Å². The minimum atomic E-state index is -1.08. The predicted octanol–water partition coefficient (Wildman–Crippen LogP) is 3.15. The van der Waals surface area contributed by atoms with Crippen LogP contribution in [0.2, 0.25) is 5.02 Å². The monoisotopic (exact) mass is 493 g/mol. The van der Waals surface area contributed by atoms with Gasteiger partial charge in [0.1, 0.15) is 5.60 Å². The first-order valence-electron chi connectivity index (χ1n) is 11.2. The normalized spacial score (nSPS) is 15.7. The second-order valence-electron chi connectivity index (χ2n) is 8.61. The van der Waals surface area contributed by atoms with E-state index >= 15 is 0 Å². The molecule has 0 radical (unpaired) electrons. The Morgan fingerprint density at radius 2 is 2.03 bits per heavy atom. The van der Waals surface area contributed by atoms with Crippen molar-refractivity contribution in [1.29, 1.82) is 0 Å². The summed E-state index contributed by atoms with van der Waals surface area (Å²) in [5.41, 5.74) is 6.46. The van der Waals surface area contributed by atoms with Crippen LogP contribution < -0.4 is 16.4 Å². The number of benzene rings is 1. The number of nitrogen functional groups attached to an aromatic ring is 1. The molecule has 35 heavy (non-hydrogen) atoms. The number of carbonyl (C=O) groups excluding carboxylic acids is 1. The summed E-state index contributed by atoms with van der Waals surface area (Å²) in [7, 11) is 0. The van der Waals surface area contributed by atoms with Crippen molar-refractivity contribution in [2.45, 2.75) is 44.2 Å². The molecule has 11 nitrogen and oxygen atoms in total. The van der Waals surface area contributed by atoms with Crippen LogP contribution in [0.5, 0.6) is 0 Å². The Balaban J connectivity index is 1.38. The number of halogens is 1. The summed E-state index contributed by atoms with van der Waals surface area (Å²) in [5, 5.41) is 30.4. The molecule has 0 unspecified atom stereocenters.